The van der Waals surface area contributed by atoms with Crippen LogP contribution in [0.5, 0.6) is 0 Å². The maximum absolute atomic E-state index is 13.0. The van der Waals surface area contributed by atoms with E-state index in [4.69, 9.17) is 0 Å². The highest BCUT2D eigenvalue weighted by Crippen LogP contribution is 2.19. The van der Waals surface area contributed by atoms with E-state index in [0.29, 0.717) is 32.6 Å². The molecule has 1 heterocycles. The van der Waals surface area contributed by atoms with Crippen LogP contribution in [-0.2, 0) is 29.1 Å². The molecule has 0 atom stereocenters. The highest BCUT2D eigenvalue weighted by Gasteiger charge is 2.21. The molecule has 5 heteroatoms. The molecule has 0 fully saturated rings. The lowest BCUT2D eigenvalue weighted by Crippen LogP contribution is -2.38. The number of nitrogens with zero attached hydrogens (tertiary/aromatic N) is 2. The van der Waals surface area contributed by atoms with Gasteiger partial charge in [-0.3, -0.25) is 9.59 Å². The Morgan fingerprint density at radius 3 is 2.46 bits per heavy atom. The van der Waals surface area contributed by atoms with E-state index < -0.39 is 0 Å². The van der Waals surface area contributed by atoms with Crippen LogP contribution in [0.25, 0.3) is 0 Å². The van der Waals surface area contributed by atoms with Crippen molar-refractivity contribution in [1.82, 2.24) is 9.80 Å². The van der Waals surface area contributed by atoms with Gasteiger partial charge in [0.1, 0.15) is 5.82 Å². The van der Waals surface area contributed by atoms with Crippen molar-refractivity contribution in [2.24, 2.45) is 0 Å². The van der Waals surface area contributed by atoms with Gasteiger partial charge in [0.05, 0.1) is 0 Å². The predicted octanol–water partition coefficient (Wildman–Crippen LogP) is 3.15. The lowest BCUT2D eigenvalue weighted by Gasteiger charge is -2.30. The molecular weight excluding hydrogens is 331 g/mol. The summed E-state index contributed by atoms with van der Waals surface area (Å²) in [6, 6.07) is 14.3. The summed E-state index contributed by atoms with van der Waals surface area (Å²) in [5, 5.41) is 0. The molecule has 0 aromatic heterocycles. The Morgan fingerprint density at radius 1 is 1.08 bits per heavy atom. The molecule has 26 heavy (non-hydrogen) atoms. The summed E-state index contributed by atoms with van der Waals surface area (Å²) < 4.78 is 13.0. The first-order chi connectivity index (χ1) is 12.5. The van der Waals surface area contributed by atoms with Gasteiger partial charge in [0.2, 0.25) is 11.8 Å². The maximum Gasteiger partial charge on any atom is 0.224 e. The first-order valence-corrected chi connectivity index (χ1v) is 8.87. The van der Waals surface area contributed by atoms with Crippen molar-refractivity contribution in [1.29, 1.82) is 0 Å². The van der Waals surface area contributed by atoms with Crippen molar-refractivity contribution >= 4 is 11.8 Å². The zero-order valence-electron chi connectivity index (χ0n) is 15.0. The van der Waals surface area contributed by atoms with Crippen LogP contribution in [0.3, 0.4) is 0 Å². The van der Waals surface area contributed by atoms with Crippen LogP contribution in [0.15, 0.2) is 48.5 Å². The van der Waals surface area contributed by atoms with Gasteiger partial charge in [-0.25, -0.2) is 4.39 Å². The quantitative estimate of drug-likeness (QED) is 0.828. The smallest absolute Gasteiger partial charge is 0.224 e. The molecule has 0 unspecified atom stereocenters. The first kappa shape index (κ1) is 18.1. The topological polar surface area (TPSA) is 40.6 Å². The second kappa shape index (κ2) is 8.13. The third kappa shape index (κ3) is 4.48. The molecule has 0 radical (unpaired) electrons. The number of carbonyl (C=O) groups excluding carboxylic acids is 2. The van der Waals surface area contributed by atoms with Crippen LogP contribution in [0.2, 0.25) is 0 Å². The van der Waals surface area contributed by atoms with Gasteiger partial charge >= 0.3 is 0 Å². The van der Waals surface area contributed by atoms with Gasteiger partial charge in [-0.15, -0.1) is 0 Å². The molecule has 0 N–H and O–H groups in total. The molecule has 2 aromatic carbocycles. The second-order valence-corrected chi connectivity index (χ2v) is 6.65. The van der Waals surface area contributed by atoms with Crippen LogP contribution < -0.4 is 0 Å². The number of rotatable bonds is 5. The fraction of sp³-hybridized carbons (Fsp3) is 0.333. The standard InChI is InChI=1S/C21H23FN2O2/c1-16(25)23(14-17-6-8-20(22)9-7-17)13-11-21(26)24-12-10-18-4-2-3-5-19(18)15-24/h2-9H,10-15H2,1H3. The van der Waals surface area contributed by atoms with Gasteiger partial charge in [-0.2, -0.15) is 0 Å². The monoisotopic (exact) mass is 354 g/mol. The molecule has 1 aliphatic rings. The SMILES string of the molecule is CC(=O)N(CCC(=O)N1CCc2ccccc2C1)Cc1ccc(F)cc1. The molecule has 0 saturated heterocycles. The molecular formula is C21H23FN2O2. The molecule has 0 spiro atoms. The van der Waals surface area contributed by atoms with Crippen LogP contribution >= 0.6 is 0 Å². The summed E-state index contributed by atoms with van der Waals surface area (Å²) in [5.74, 6) is -0.334. The average molecular weight is 354 g/mol. The molecule has 4 nitrogen and oxygen atoms in total. The summed E-state index contributed by atoms with van der Waals surface area (Å²) in [5.41, 5.74) is 3.35. The normalized spacial score (nSPS) is 13.2. The van der Waals surface area contributed by atoms with E-state index in [1.807, 2.05) is 17.0 Å². The van der Waals surface area contributed by atoms with Crippen LogP contribution in [-0.4, -0.2) is 34.7 Å². The Kier molecular flexibility index (Phi) is 5.66. The summed E-state index contributed by atoms with van der Waals surface area (Å²) >= 11 is 0. The maximum atomic E-state index is 13.0. The lowest BCUT2D eigenvalue weighted by atomic mass is 10.00. The van der Waals surface area contributed by atoms with E-state index in [9.17, 15) is 14.0 Å². The van der Waals surface area contributed by atoms with Crippen LogP contribution in [0.1, 0.15) is 30.0 Å². The number of hydrogen-bond acceptors (Lipinski definition) is 2. The van der Waals surface area contributed by atoms with E-state index in [0.717, 1.165) is 12.0 Å². The third-order valence-corrected chi connectivity index (χ3v) is 4.81. The minimum absolute atomic E-state index is 0.0601. The summed E-state index contributed by atoms with van der Waals surface area (Å²) in [7, 11) is 0. The Balaban J connectivity index is 1.56. The average Bonchev–Trinajstić information content (AvgIpc) is 2.65. The molecule has 3 rings (SSSR count). The van der Waals surface area contributed by atoms with Crippen molar-refractivity contribution in [3.8, 4) is 0 Å². The van der Waals surface area contributed by atoms with E-state index in [2.05, 4.69) is 12.1 Å². The van der Waals surface area contributed by atoms with E-state index >= 15 is 0 Å². The van der Waals surface area contributed by atoms with Gasteiger partial charge in [-0.1, -0.05) is 36.4 Å². The van der Waals surface area contributed by atoms with Gasteiger partial charge in [0.25, 0.3) is 0 Å². The highest BCUT2D eigenvalue weighted by atomic mass is 19.1. The van der Waals surface area contributed by atoms with Gasteiger partial charge in [0, 0.05) is 39.5 Å². The molecule has 0 saturated carbocycles. The molecule has 2 aromatic rings. The van der Waals surface area contributed by atoms with Gasteiger partial charge in [-0.05, 0) is 35.2 Å². The van der Waals surface area contributed by atoms with Crippen molar-refractivity contribution in [2.75, 3.05) is 13.1 Å². The number of halogens is 1. The first-order valence-electron chi connectivity index (χ1n) is 8.87. The Bertz CT molecular complexity index is 789. The van der Waals surface area contributed by atoms with Gasteiger partial charge in [0.15, 0.2) is 0 Å². The molecule has 2 amide bonds. The van der Waals surface area contributed by atoms with E-state index in [-0.39, 0.29) is 17.6 Å². The second-order valence-electron chi connectivity index (χ2n) is 6.65. The molecule has 1 aliphatic heterocycles. The number of carbonyl (C=O) groups is 2. The largest absolute Gasteiger partial charge is 0.338 e. The Hall–Kier alpha value is -2.69. The Morgan fingerprint density at radius 2 is 1.77 bits per heavy atom. The van der Waals surface area contributed by atoms with Crippen molar-refractivity contribution < 1.29 is 14.0 Å². The minimum Gasteiger partial charge on any atom is -0.338 e. The van der Waals surface area contributed by atoms with Gasteiger partial charge < -0.3 is 9.80 Å². The number of benzene rings is 2. The molecule has 136 valence electrons. The number of hydrogen-bond donors (Lipinski definition) is 0. The van der Waals surface area contributed by atoms with Crippen molar-refractivity contribution in [2.45, 2.75) is 32.9 Å². The van der Waals surface area contributed by atoms with Crippen molar-refractivity contribution in [3.63, 3.8) is 0 Å². The summed E-state index contributed by atoms with van der Waals surface area (Å²) in [6.07, 6.45) is 1.16. The fourth-order valence-electron chi connectivity index (χ4n) is 3.26. The number of amides is 2. The molecule has 0 bridgehead atoms. The summed E-state index contributed by atoms with van der Waals surface area (Å²) in [4.78, 5) is 28.0. The molecule has 0 aliphatic carbocycles. The highest BCUT2D eigenvalue weighted by molar-refractivity contribution is 5.78. The zero-order chi connectivity index (χ0) is 18.5. The van der Waals surface area contributed by atoms with E-state index in [1.54, 1.807) is 17.0 Å². The zero-order valence-corrected chi connectivity index (χ0v) is 15.0. The number of fused-ring (bicyclic) bond motifs is 1. The predicted molar refractivity (Wildman–Crippen MR) is 97.7 cm³/mol. The third-order valence-electron chi connectivity index (χ3n) is 4.81. The lowest BCUT2D eigenvalue weighted by molar-refractivity contribution is -0.134. The Labute approximate surface area is 153 Å². The van der Waals surface area contributed by atoms with Crippen molar-refractivity contribution in [3.05, 3.63) is 71.0 Å². The minimum atomic E-state index is -0.302. The van der Waals surface area contributed by atoms with Crippen LogP contribution in [0.4, 0.5) is 4.39 Å². The van der Waals surface area contributed by atoms with E-state index in [1.165, 1.54) is 30.2 Å². The summed E-state index contributed by atoms with van der Waals surface area (Å²) in [6.45, 7) is 3.58. The van der Waals surface area contributed by atoms with Crippen LogP contribution in [0, 0.1) is 5.82 Å². The fourth-order valence-corrected chi connectivity index (χ4v) is 3.26.